The summed E-state index contributed by atoms with van der Waals surface area (Å²) in [7, 11) is 0. The molecule has 2 aliphatic rings. The molecule has 0 bridgehead atoms. The van der Waals surface area contributed by atoms with Gasteiger partial charge < -0.3 is 4.74 Å². The van der Waals surface area contributed by atoms with Crippen molar-refractivity contribution in [3.05, 3.63) is 0 Å². The second kappa shape index (κ2) is 6.58. The van der Waals surface area contributed by atoms with Crippen molar-refractivity contribution in [2.45, 2.75) is 57.7 Å². The van der Waals surface area contributed by atoms with Crippen LogP contribution in [0.1, 0.15) is 45.4 Å². The van der Waals surface area contributed by atoms with Crippen LogP contribution in [0.15, 0.2) is 0 Å². The van der Waals surface area contributed by atoms with Crippen LogP contribution in [0.4, 0.5) is 0 Å². The molecule has 2 saturated heterocycles. The molecule has 2 heterocycles. The van der Waals surface area contributed by atoms with Crippen molar-refractivity contribution in [3.8, 4) is 0 Å². The Morgan fingerprint density at radius 1 is 1.25 bits per heavy atom. The third-order valence-electron chi connectivity index (χ3n) is 3.82. The summed E-state index contributed by atoms with van der Waals surface area (Å²) in [6.45, 7) is 6.68. The molecule has 0 saturated carbocycles. The highest BCUT2D eigenvalue weighted by molar-refractivity contribution is 4.85. The highest BCUT2D eigenvalue weighted by Crippen LogP contribution is 2.23. The first kappa shape index (κ1) is 12.3. The summed E-state index contributed by atoms with van der Waals surface area (Å²) >= 11 is 0. The van der Waals surface area contributed by atoms with E-state index in [0.717, 1.165) is 19.7 Å². The lowest BCUT2D eigenvalue weighted by molar-refractivity contribution is -0.0978. The maximum absolute atomic E-state index is 5.87. The molecule has 0 aromatic heterocycles. The highest BCUT2D eigenvalue weighted by Gasteiger charge is 2.33. The van der Waals surface area contributed by atoms with E-state index in [1.807, 2.05) is 0 Å². The molecule has 2 fully saturated rings. The average molecular weight is 226 g/mol. The van der Waals surface area contributed by atoms with Gasteiger partial charge in [-0.3, -0.25) is 10.2 Å². The van der Waals surface area contributed by atoms with Gasteiger partial charge in [0.2, 0.25) is 0 Å². The second-order valence-corrected chi connectivity index (χ2v) is 5.05. The standard InChI is InChI=1S/C13H26N2O/c1-2-3-5-8-14-13-12-7-4-6-9-15(12)10-11-16-13/h12-14H,2-11H2,1H3. The van der Waals surface area contributed by atoms with Gasteiger partial charge in [0.05, 0.1) is 6.61 Å². The molecule has 94 valence electrons. The molecule has 2 aliphatic heterocycles. The van der Waals surface area contributed by atoms with Gasteiger partial charge in [-0.25, -0.2) is 0 Å². The third-order valence-corrected chi connectivity index (χ3v) is 3.82. The topological polar surface area (TPSA) is 24.5 Å². The van der Waals surface area contributed by atoms with Gasteiger partial charge in [0.15, 0.2) is 0 Å². The fourth-order valence-electron chi connectivity index (χ4n) is 2.86. The van der Waals surface area contributed by atoms with Gasteiger partial charge in [0.1, 0.15) is 6.23 Å². The number of nitrogens with zero attached hydrogens (tertiary/aromatic N) is 1. The minimum absolute atomic E-state index is 0.297. The van der Waals surface area contributed by atoms with Crippen LogP contribution in [0.25, 0.3) is 0 Å². The number of rotatable bonds is 5. The van der Waals surface area contributed by atoms with Crippen LogP contribution in [-0.4, -0.2) is 43.4 Å². The van der Waals surface area contributed by atoms with Crippen molar-refractivity contribution in [2.75, 3.05) is 26.2 Å². The van der Waals surface area contributed by atoms with Crippen LogP contribution < -0.4 is 5.32 Å². The summed E-state index contributed by atoms with van der Waals surface area (Å²) in [6, 6.07) is 0.643. The van der Waals surface area contributed by atoms with Crippen molar-refractivity contribution >= 4 is 0 Å². The number of hydrogen-bond donors (Lipinski definition) is 1. The monoisotopic (exact) mass is 226 g/mol. The Hall–Kier alpha value is -0.120. The van der Waals surface area contributed by atoms with Gasteiger partial charge in [-0.2, -0.15) is 0 Å². The van der Waals surface area contributed by atoms with Crippen molar-refractivity contribution in [3.63, 3.8) is 0 Å². The number of morpholine rings is 1. The number of nitrogens with one attached hydrogen (secondary N) is 1. The predicted molar refractivity (Wildman–Crippen MR) is 66.5 cm³/mol. The molecule has 1 N–H and O–H groups in total. The SMILES string of the molecule is CCCCCNC1OCCN2CCCCC12. The van der Waals surface area contributed by atoms with Crippen molar-refractivity contribution in [2.24, 2.45) is 0 Å². The first-order valence-corrected chi connectivity index (χ1v) is 7.01. The van der Waals surface area contributed by atoms with E-state index in [1.54, 1.807) is 0 Å². The van der Waals surface area contributed by atoms with Gasteiger partial charge >= 0.3 is 0 Å². The molecule has 0 aromatic carbocycles. The first-order valence-electron chi connectivity index (χ1n) is 7.01. The number of unbranched alkanes of at least 4 members (excludes halogenated alkanes) is 2. The second-order valence-electron chi connectivity index (χ2n) is 5.05. The van der Waals surface area contributed by atoms with Gasteiger partial charge in [0.25, 0.3) is 0 Å². The largest absolute Gasteiger partial charge is 0.360 e. The number of piperidine rings is 1. The van der Waals surface area contributed by atoms with E-state index in [1.165, 1.54) is 45.1 Å². The van der Waals surface area contributed by atoms with E-state index in [9.17, 15) is 0 Å². The Balaban J connectivity index is 1.74. The summed E-state index contributed by atoms with van der Waals surface area (Å²) in [5.41, 5.74) is 0. The maximum Gasteiger partial charge on any atom is 0.123 e. The summed E-state index contributed by atoms with van der Waals surface area (Å²) < 4.78 is 5.87. The van der Waals surface area contributed by atoms with Gasteiger partial charge in [-0.1, -0.05) is 26.2 Å². The van der Waals surface area contributed by atoms with E-state index in [4.69, 9.17) is 4.74 Å². The number of ether oxygens (including phenoxy) is 1. The van der Waals surface area contributed by atoms with Crippen LogP contribution in [0.5, 0.6) is 0 Å². The fraction of sp³-hybridized carbons (Fsp3) is 1.00. The number of hydrogen-bond acceptors (Lipinski definition) is 3. The lowest BCUT2D eigenvalue weighted by Gasteiger charge is -2.44. The molecule has 0 amide bonds. The zero-order valence-corrected chi connectivity index (χ0v) is 10.6. The average Bonchev–Trinajstić information content (AvgIpc) is 2.35. The molecule has 3 heteroatoms. The maximum atomic E-state index is 5.87. The van der Waals surface area contributed by atoms with E-state index in [2.05, 4.69) is 17.1 Å². The van der Waals surface area contributed by atoms with Crippen molar-refractivity contribution < 1.29 is 4.74 Å². The van der Waals surface area contributed by atoms with E-state index in [-0.39, 0.29) is 0 Å². The Labute approximate surface area is 99.5 Å². The third kappa shape index (κ3) is 3.19. The molecule has 2 rings (SSSR count). The zero-order chi connectivity index (χ0) is 11.2. The molecule has 0 aliphatic carbocycles. The summed E-state index contributed by atoms with van der Waals surface area (Å²) in [6.07, 6.45) is 8.26. The van der Waals surface area contributed by atoms with Crippen LogP contribution in [-0.2, 0) is 4.74 Å². The lowest BCUT2D eigenvalue weighted by Crippen LogP contribution is -2.58. The lowest BCUT2D eigenvalue weighted by atomic mass is 9.99. The van der Waals surface area contributed by atoms with Gasteiger partial charge in [0, 0.05) is 12.6 Å². The highest BCUT2D eigenvalue weighted by atomic mass is 16.5. The molecular weight excluding hydrogens is 200 g/mol. The molecule has 16 heavy (non-hydrogen) atoms. The van der Waals surface area contributed by atoms with Crippen molar-refractivity contribution in [1.82, 2.24) is 10.2 Å². The summed E-state index contributed by atoms with van der Waals surface area (Å²) in [5.74, 6) is 0. The van der Waals surface area contributed by atoms with Crippen LogP contribution >= 0.6 is 0 Å². The van der Waals surface area contributed by atoms with Crippen LogP contribution in [0.2, 0.25) is 0 Å². The summed E-state index contributed by atoms with van der Waals surface area (Å²) in [4.78, 5) is 2.62. The minimum Gasteiger partial charge on any atom is -0.360 e. The molecule has 0 radical (unpaired) electrons. The Morgan fingerprint density at radius 3 is 3.06 bits per heavy atom. The van der Waals surface area contributed by atoms with Crippen LogP contribution in [0.3, 0.4) is 0 Å². The molecule has 3 nitrogen and oxygen atoms in total. The van der Waals surface area contributed by atoms with Crippen molar-refractivity contribution in [1.29, 1.82) is 0 Å². The zero-order valence-electron chi connectivity index (χ0n) is 10.6. The number of fused-ring (bicyclic) bond motifs is 1. The van der Waals surface area contributed by atoms with E-state index < -0.39 is 0 Å². The fourth-order valence-corrected chi connectivity index (χ4v) is 2.86. The molecule has 0 aromatic rings. The van der Waals surface area contributed by atoms with E-state index >= 15 is 0 Å². The van der Waals surface area contributed by atoms with E-state index in [0.29, 0.717) is 12.3 Å². The molecule has 0 spiro atoms. The molecule has 2 unspecified atom stereocenters. The Kier molecular flexibility index (Phi) is 5.07. The normalized spacial score (nSPS) is 31.3. The Bertz CT molecular complexity index is 196. The van der Waals surface area contributed by atoms with Gasteiger partial charge in [-0.15, -0.1) is 0 Å². The van der Waals surface area contributed by atoms with Crippen LogP contribution in [0, 0.1) is 0 Å². The first-order chi connectivity index (χ1) is 7.92. The molecule has 2 atom stereocenters. The smallest absolute Gasteiger partial charge is 0.123 e. The predicted octanol–water partition coefficient (Wildman–Crippen LogP) is 1.98. The minimum atomic E-state index is 0.297. The van der Waals surface area contributed by atoms with Gasteiger partial charge in [-0.05, 0) is 32.4 Å². The quantitative estimate of drug-likeness (QED) is 0.725. The molecular formula is C13H26N2O. The Morgan fingerprint density at radius 2 is 2.19 bits per heavy atom. The summed E-state index contributed by atoms with van der Waals surface area (Å²) in [5, 5.41) is 3.59.